The predicted octanol–water partition coefficient (Wildman–Crippen LogP) is 1.79. The van der Waals surface area contributed by atoms with Crippen LogP contribution in [0.1, 0.15) is 31.9 Å². The summed E-state index contributed by atoms with van der Waals surface area (Å²) in [5.74, 6) is 0.774. The van der Waals surface area contributed by atoms with E-state index < -0.39 is 17.7 Å². The van der Waals surface area contributed by atoms with Gasteiger partial charge in [0.05, 0.1) is 6.10 Å². The van der Waals surface area contributed by atoms with Crippen molar-refractivity contribution in [1.29, 1.82) is 0 Å². The molecular weight excluding hydrogens is 254 g/mol. The van der Waals surface area contributed by atoms with Gasteiger partial charge in [-0.2, -0.15) is 0 Å². The smallest absolute Gasteiger partial charge is 0.119 e. The largest absolute Gasteiger partial charge is 0.491 e. The van der Waals surface area contributed by atoms with E-state index in [1.807, 2.05) is 39.8 Å². The van der Waals surface area contributed by atoms with Crippen molar-refractivity contribution >= 4 is 0 Å². The molecule has 0 fully saturated rings. The SMILES string of the molecule is Cc1cc(C)cc(OCC(O)CNC(C)(C)C(C)O)c1. The number of hydrogen-bond acceptors (Lipinski definition) is 4. The molecule has 114 valence electrons. The van der Waals surface area contributed by atoms with Crippen molar-refractivity contribution in [2.45, 2.75) is 52.4 Å². The molecule has 2 atom stereocenters. The number of ether oxygens (including phenoxy) is 1. The second kappa shape index (κ2) is 7.07. The first-order valence-corrected chi connectivity index (χ1v) is 7.03. The summed E-state index contributed by atoms with van der Waals surface area (Å²) in [6.45, 7) is 10.2. The Hall–Kier alpha value is -1.10. The summed E-state index contributed by atoms with van der Waals surface area (Å²) < 4.78 is 5.60. The molecule has 4 nitrogen and oxygen atoms in total. The topological polar surface area (TPSA) is 61.7 Å². The van der Waals surface area contributed by atoms with Crippen LogP contribution in [0.15, 0.2) is 18.2 Å². The van der Waals surface area contributed by atoms with Gasteiger partial charge in [0.1, 0.15) is 18.5 Å². The molecule has 4 heteroatoms. The Labute approximate surface area is 121 Å². The number of rotatable bonds is 7. The van der Waals surface area contributed by atoms with Gasteiger partial charge in [-0.05, 0) is 57.9 Å². The molecular formula is C16H27NO3. The molecule has 2 unspecified atom stereocenters. The third kappa shape index (κ3) is 5.49. The minimum Gasteiger partial charge on any atom is -0.491 e. The maximum atomic E-state index is 9.93. The molecule has 0 heterocycles. The van der Waals surface area contributed by atoms with E-state index in [1.165, 1.54) is 0 Å². The molecule has 20 heavy (non-hydrogen) atoms. The molecule has 0 aliphatic rings. The Bertz CT molecular complexity index is 409. The van der Waals surface area contributed by atoms with Crippen LogP contribution in [-0.4, -0.2) is 41.1 Å². The van der Waals surface area contributed by atoms with Crippen LogP contribution in [0.3, 0.4) is 0 Å². The fourth-order valence-electron chi connectivity index (χ4n) is 1.80. The lowest BCUT2D eigenvalue weighted by Crippen LogP contribution is -2.51. The second-order valence-electron chi connectivity index (χ2n) is 6.07. The van der Waals surface area contributed by atoms with E-state index in [0.29, 0.717) is 6.54 Å². The van der Waals surface area contributed by atoms with E-state index in [9.17, 15) is 10.2 Å². The van der Waals surface area contributed by atoms with Crippen LogP contribution in [-0.2, 0) is 0 Å². The normalized spacial score (nSPS) is 14.9. The van der Waals surface area contributed by atoms with E-state index in [-0.39, 0.29) is 6.61 Å². The molecule has 1 aromatic rings. The van der Waals surface area contributed by atoms with Gasteiger partial charge >= 0.3 is 0 Å². The van der Waals surface area contributed by atoms with Gasteiger partial charge in [-0.1, -0.05) is 6.07 Å². The molecule has 0 amide bonds. The summed E-state index contributed by atoms with van der Waals surface area (Å²) in [4.78, 5) is 0. The zero-order chi connectivity index (χ0) is 15.3. The number of nitrogens with one attached hydrogen (secondary N) is 1. The third-order valence-electron chi connectivity index (χ3n) is 3.48. The van der Waals surface area contributed by atoms with Crippen molar-refractivity contribution in [3.05, 3.63) is 29.3 Å². The zero-order valence-electron chi connectivity index (χ0n) is 13.1. The van der Waals surface area contributed by atoms with Crippen molar-refractivity contribution in [3.63, 3.8) is 0 Å². The fraction of sp³-hybridized carbons (Fsp3) is 0.625. The van der Waals surface area contributed by atoms with E-state index in [2.05, 4.69) is 11.4 Å². The highest BCUT2D eigenvalue weighted by Crippen LogP contribution is 2.16. The highest BCUT2D eigenvalue weighted by molar-refractivity contribution is 5.32. The highest BCUT2D eigenvalue weighted by atomic mass is 16.5. The Morgan fingerprint density at radius 1 is 1.15 bits per heavy atom. The summed E-state index contributed by atoms with van der Waals surface area (Å²) in [5, 5.41) is 22.6. The van der Waals surface area contributed by atoms with Crippen LogP contribution in [0.25, 0.3) is 0 Å². The minimum absolute atomic E-state index is 0.228. The van der Waals surface area contributed by atoms with Crippen LogP contribution in [0, 0.1) is 13.8 Å². The first-order valence-electron chi connectivity index (χ1n) is 7.03. The molecule has 0 aliphatic heterocycles. The number of aliphatic hydroxyl groups excluding tert-OH is 2. The monoisotopic (exact) mass is 281 g/mol. The number of β-amino-alcohol motifs (C(OH)–C–C–N with tert-alkyl or cyclic N) is 1. The first kappa shape index (κ1) is 17.0. The average molecular weight is 281 g/mol. The summed E-state index contributed by atoms with van der Waals surface area (Å²) in [6.07, 6.45) is -1.11. The Morgan fingerprint density at radius 2 is 1.70 bits per heavy atom. The molecule has 1 aromatic carbocycles. The van der Waals surface area contributed by atoms with Crippen molar-refractivity contribution < 1.29 is 14.9 Å². The lowest BCUT2D eigenvalue weighted by atomic mass is 9.99. The summed E-state index contributed by atoms with van der Waals surface area (Å²) >= 11 is 0. The van der Waals surface area contributed by atoms with Crippen molar-refractivity contribution in [3.8, 4) is 5.75 Å². The standard InChI is InChI=1S/C16H27NO3/c1-11-6-12(2)8-15(7-11)20-10-14(19)9-17-16(4,5)13(3)18/h6-8,13-14,17-19H,9-10H2,1-5H3. The molecule has 0 aliphatic carbocycles. The third-order valence-corrected chi connectivity index (χ3v) is 3.48. The number of benzene rings is 1. The van der Waals surface area contributed by atoms with Crippen LogP contribution < -0.4 is 10.1 Å². The molecule has 0 saturated heterocycles. The molecule has 0 saturated carbocycles. The van der Waals surface area contributed by atoms with Gasteiger partial charge in [0.25, 0.3) is 0 Å². The van der Waals surface area contributed by atoms with Gasteiger partial charge in [0, 0.05) is 12.1 Å². The van der Waals surface area contributed by atoms with Crippen LogP contribution >= 0.6 is 0 Å². The van der Waals surface area contributed by atoms with Gasteiger partial charge in [0.2, 0.25) is 0 Å². The van der Waals surface area contributed by atoms with Gasteiger partial charge in [-0.25, -0.2) is 0 Å². The molecule has 3 N–H and O–H groups in total. The lowest BCUT2D eigenvalue weighted by Gasteiger charge is -2.30. The van der Waals surface area contributed by atoms with Crippen LogP contribution in [0.4, 0.5) is 0 Å². The maximum Gasteiger partial charge on any atom is 0.119 e. The van der Waals surface area contributed by atoms with Crippen LogP contribution in [0.2, 0.25) is 0 Å². The van der Waals surface area contributed by atoms with Crippen molar-refractivity contribution in [2.75, 3.05) is 13.2 Å². The molecule has 0 radical (unpaired) electrons. The van der Waals surface area contributed by atoms with E-state index in [1.54, 1.807) is 6.92 Å². The molecule has 0 bridgehead atoms. The van der Waals surface area contributed by atoms with Crippen LogP contribution in [0.5, 0.6) is 5.75 Å². The summed E-state index contributed by atoms with van der Waals surface area (Å²) in [5.41, 5.74) is 1.85. The fourth-order valence-corrected chi connectivity index (χ4v) is 1.80. The number of hydrogen-bond donors (Lipinski definition) is 3. The summed E-state index contributed by atoms with van der Waals surface area (Å²) in [7, 11) is 0. The number of aryl methyl sites for hydroxylation is 2. The quantitative estimate of drug-likeness (QED) is 0.713. The second-order valence-corrected chi connectivity index (χ2v) is 6.07. The highest BCUT2D eigenvalue weighted by Gasteiger charge is 2.24. The van der Waals surface area contributed by atoms with Gasteiger partial charge in [0.15, 0.2) is 0 Å². The van der Waals surface area contributed by atoms with Gasteiger partial charge in [-0.15, -0.1) is 0 Å². The number of aliphatic hydroxyl groups is 2. The van der Waals surface area contributed by atoms with Gasteiger partial charge in [-0.3, -0.25) is 0 Å². The van der Waals surface area contributed by atoms with E-state index >= 15 is 0 Å². The maximum absolute atomic E-state index is 9.93. The predicted molar refractivity (Wildman–Crippen MR) is 81.2 cm³/mol. The molecule has 0 aromatic heterocycles. The van der Waals surface area contributed by atoms with Crippen molar-refractivity contribution in [1.82, 2.24) is 5.32 Å². The Balaban J connectivity index is 2.42. The zero-order valence-corrected chi connectivity index (χ0v) is 13.1. The molecule has 0 spiro atoms. The minimum atomic E-state index is -0.617. The average Bonchev–Trinajstić information content (AvgIpc) is 2.32. The van der Waals surface area contributed by atoms with Gasteiger partial charge < -0.3 is 20.3 Å². The lowest BCUT2D eigenvalue weighted by molar-refractivity contribution is 0.0648. The Morgan fingerprint density at radius 3 is 2.20 bits per heavy atom. The Kier molecular flexibility index (Phi) is 5.99. The summed E-state index contributed by atoms with van der Waals surface area (Å²) in [6, 6.07) is 5.98. The van der Waals surface area contributed by atoms with E-state index in [4.69, 9.17) is 4.74 Å². The molecule has 1 rings (SSSR count). The first-order chi connectivity index (χ1) is 9.20. The van der Waals surface area contributed by atoms with E-state index in [0.717, 1.165) is 16.9 Å². The van der Waals surface area contributed by atoms with Crippen molar-refractivity contribution in [2.24, 2.45) is 0 Å².